The Morgan fingerprint density at radius 1 is 1.53 bits per heavy atom. The van der Waals surface area contributed by atoms with Crippen molar-refractivity contribution in [1.82, 2.24) is 5.32 Å². The molecule has 0 aromatic heterocycles. The summed E-state index contributed by atoms with van der Waals surface area (Å²) in [6, 6.07) is 5.68. The molecule has 17 heavy (non-hydrogen) atoms. The monoisotopic (exact) mass is 319 g/mol. The van der Waals surface area contributed by atoms with Crippen LogP contribution in [0.5, 0.6) is 0 Å². The number of carbonyl (C=O) groups excluding carboxylic acids is 1. The van der Waals surface area contributed by atoms with Crippen molar-refractivity contribution >= 4 is 33.4 Å². The molecule has 0 atom stereocenters. The van der Waals surface area contributed by atoms with Crippen molar-refractivity contribution in [2.75, 3.05) is 20.3 Å². The van der Waals surface area contributed by atoms with Gasteiger partial charge in [0.2, 0.25) is 5.91 Å². The highest BCUT2D eigenvalue weighted by Gasteiger charge is 2.05. The summed E-state index contributed by atoms with van der Waals surface area (Å²) in [4.78, 5) is 11.5. The van der Waals surface area contributed by atoms with E-state index in [2.05, 4.69) is 21.2 Å². The molecule has 94 valence electrons. The number of carbonyl (C=O) groups is 1. The van der Waals surface area contributed by atoms with Gasteiger partial charge in [0.25, 0.3) is 0 Å². The number of rotatable bonds is 6. The van der Waals surface area contributed by atoms with Crippen molar-refractivity contribution in [3.63, 3.8) is 0 Å². The average Bonchev–Trinajstić information content (AvgIpc) is 2.28. The van der Waals surface area contributed by atoms with Crippen LogP contribution in [0.4, 0.5) is 0 Å². The predicted octanol–water partition coefficient (Wildman–Crippen LogP) is 2.80. The fourth-order valence-corrected chi connectivity index (χ4v) is 2.12. The van der Waals surface area contributed by atoms with Crippen LogP contribution in [0.15, 0.2) is 22.7 Å². The van der Waals surface area contributed by atoms with E-state index in [9.17, 15) is 4.79 Å². The predicted molar refractivity (Wildman–Crippen MR) is 72.4 cm³/mol. The number of benzene rings is 1. The van der Waals surface area contributed by atoms with E-state index in [0.717, 1.165) is 10.0 Å². The van der Waals surface area contributed by atoms with Crippen LogP contribution in [0.1, 0.15) is 12.0 Å². The summed E-state index contributed by atoms with van der Waals surface area (Å²) in [5.41, 5.74) is 0.983. The molecule has 0 fully saturated rings. The Morgan fingerprint density at radius 2 is 2.29 bits per heavy atom. The molecule has 0 aliphatic rings. The van der Waals surface area contributed by atoms with Crippen LogP contribution in [0.25, 0.3) is 0 Å². The van der Waals surface area contributed by atoms with Gasteiger partial charge in [-0.25, -0.2) is 0 Å². The summed E-state index contributed by atoms with van der Waals surface area (Å²) in [7, 11) is 1.60. The Morgan fingerprint density at radius 3 is 2.94 bits per heavy atom. The summed E-state index contributed by atoms with van der Waals surface area (Å²) in [6.07, 6.45) is 1.08. The van der Waals surface area contributed by atoms with Gasteiger partial charge in [-0.15, -0.1) is 0 Å². The molecule has 3 nitrogen and oxygen atoms in total. The number of methoxy groups -OCH3 is 1. The molecule has 0 radical (unpaired) electrons. The van der Waals surface area contributed by atoms with Crippen molar-refractivity contribution in [3.05, 3.63) is 33.3 Å². The van der Waals surface area contributed by atoms with E-state index in [0.29, 0.717) is 31.0 Å². The molecule has 0 saturated carbocycles. The summed E-state index contributed by atoms with van der Waals surface area (Å²) in [6.45, 7) is 1.08. The Balaban J connectivity index is 2.37. The lowest BCUT2D eigenvalue weighted by Crippen LogP contribution is -2.27. The Hall–Kier alpha value is -0.580. The first-order valence-corrected chi connectivity index (χ1v) is 6.50. The molecular formula is C12H15BrClNO2. The molecule has 1 aromatic rings. The fraction of sp³-hybridized carbons (Fsp3) is 0.417. The third-order valence-corrected chi connectivity index (χ3v) is 3.11. The minimum absolute atomic E-state index is 0.0148. The Kier molecular flexibility index (Phi) is 6.55. The Labute approximate surface area is 115 Å². The zero-order valence-electron chi connectivity index (χ0n) is 9.63. The van der Waals surface area contributed by atoms with E-state index >= 15 is 0 Å². The van der Waals surface area contributed by atoms with E-state index in [1.54, 1.807) is 7.11 Å². The van der Waals surface area contributed by atoms with Crippen molar-refractivity contribution in [2.45, 2.75) is 12.8 Å². The molecule has 0 aliphatic heterocycles. The van der Waals surface area contributed by atoms with Crippen molar-refractivity contribution < 1.29 is 9.53 Å². The number of nitrogens with one attached hydrogen (secondary N) is 1. The smallest absolute Gasteiger partial charge is 0.220 e. The van der Waals surface area contributed by atoms with Gasteiger partial charge in [-0.1, -0.05) is 33.6 Å². The third kappa shape index (κ3) is 5.52. The third-order valence-electron chi connectivity index (χ3n) is 2.26. The quantitative estimate of drug-likeness (QED) is 0.819. The molecule has 0 bridgehead atoms. The van der Waals surface area contributed by atoms with E-state index in [4.69, 9.17) is 16.3 Å². The number of amides is 1. The molecule has 1 amide bonds. The summed E-state index contributed by atoms with van der Waals surface area (Å²) in [5, 5.41) is 3.45. The second kappa shape index (κ2) is 7.69. The van der Waals surface area contributed by atoms with Gasteiger partial charge in [0.1, 0.15) is 0 Å². The molecule has 0 aliphatic carbocycles. The van der Waals surface area contributed by atoms with Gasteiger partial charge in [0, 0.05) is 29.6 Å². The number of halogens is 2. The van der Waals surface area contributed by atoms with E-state index < -0.39 is 0 Å². The van der Waals surface area contributed by atoms with Crippen LogP contribution >= 0.6 is 27.5 Å². The van der Waals surface area contributed by atoms with Gasteiger partial charge in [-0.2, -0.15) is 0 Å². The molecule has 0 unspecified atom stereocenters. The molecular weight excluding hydrogens is 305 g/mol. The second-order valence-electron chi connectivity index (χ2n) is 3.58. The maximum atomic E-state index is 11.5. The van der Waals surface area contributed by atoms with E-state index in [1.165, 1.54) is 0 Å². The van der Waals surface area contributed by atoms with Crippen LogP contribution < -0.4 is 5.32 Å². The van der Waals surface area contributed by atoms with Crippen LogP contribution in [0, 0.1) is 0 Å². The second-order valence-corrected chi connectivity index (χ2v) is 4.90. The van der Waals surface area contributed by atoms with Gasteiger partial charge in [-0.05, 0) is 24.1 Å². The molecule has 1 aromatic carbocycles. The summed E-state index contributed by atoms with van der Waals surface area (Å²) < 4.78 is 5.79. The minimum atomic E-state index is 0.0148. The number of hydrogen-bond donors (Lipinski definition) is 1. The largest absolute Gasteiger partial charge is 0.383 e. The molecule has 0 heterocycles. The average molecular weight is 321 g/mol. The Bertz CT molecular complexity index is 385. The molecule has 5 heteroatoms. The number of hydrogen-bond acceptors (Lipinski definition) is 2. The first-order chi connectivity index (χ1) is 8.13. The lowest BCUT2D eigenvalue weighted by atomic mass is 10.1. The van der Waals surface area contributed by atoms with Gasteiger partial charge < -0.3 is 10.1 Å². The van der Waals surface area contributed by atoms with Gasteiger partial charge in [0.05, 0.1) is 6.61 Å². The maximum Gasteiger partial charge on any atom is 0.220 e. The van der Waals surface area contributed by atoms with E-state index in [-0.39, 0.29) is 5.91 Å². The molecule has 0 saturated heterocycles. The highest BCUT2D eigenvalue weighted by atomic mass is 79.9. The zero-order chi connectivity index (χ0) is 12.7. The normalized spacial score (nSPS) is 10.3. The van der Waals surface area contributed by atoms with Crippen LogP contribution in [0.3, 0.4) is 0 Å². The number of ether oxygens (including phenoxy) is 1. The first kappa shape index (κ1) is 14.5. The topological polar surface area (TPSA) is 38.3 Å². The van der Waals surface area contributed by atoms with Gasteiger partial charge >= 0.3 is 0 Å². The summed E-state index contributed by atoms with van der Waals surface area (Å²) in [5.74, 6) is 0.0148. The van der Waals surface area contributed by atoms with Crippen molar-refractivity contribution in [2.24, 2.45) is 0 Å². The number of aryl methyl sites for hydroxylation is 1. The zero-order valence-corrected chi connectivity index (χ0v) is 12.0. The highest BCUT2D eigenvalue weighted by Crippen LogP contribution is 2.22. The molecule has 0 spiro atoms. The lowest BCUT2D eigenvalue weighted by molar-refractivity contribution is -0.121. The van der Waals surface area contributed by atoms with Crippen molar-refractivity contribution in [3.8, 4) is 0 Å². The van der Waals surface area contributed by atoms with Crippen LogP contribution in [0.2, 0.25) is 5.02 Å². The van der Waals surface area contributed by atoms with Crippen molar-refractivity contribution in [1.29, 1.82) is 0 Å². The summed E-state index contributed by atoms with van der Waals surface area (Å²) >= 11 is 9.40. The molecule has 1 N–H and O–H groups in total. The van der Waals surface area contributed by atoms with E-state index in [1.807, 2.05) is 18.2 Å². The van der Waals surface area contributed by atoms with Gasteiger partial charge in [-0.3, -0.25) is 4.79 Å². The highest BCUT2D eigenvalue weighted by molar-refractivity contribution is 9.10. The van der Waals surface area contributed by atoms with Gasteiger partial charge in [0.15, 0.2) is 0 Å². The first-order valence-electron chi connectivity index (χ1n) is 5.33. The fourth-order valence-electron chi connectivity index (χ4n) is 1.35. The lowest BCUT2D eigenvalue weighted by Gasteiger charge is -2.06. The molecule has 1 rings (SSSR count). The standard InChI is InChI=1S/C12H15BrClNO2/c1-17-7-6-15-12(16)5-3-9-2-4-10(13)8-11(9)14/h2,4,8H,3,5-7H2,1H3,(H,15,16). The SMILES string of the molecule is COCCNC(=O)CCc1ccc(Br)cc1Cl. The maximum absolute atomic E-state index is 11.5. The minimum Gasteiger partial charge on any atom is -0.383 e. The van der Waals surface area contributed by atoms with Crippen LogP contribution in [-0.2, 0) is 16.0 Å². The van der Waals surface area contributed by atoms with Crippen LogP contribution in [-0.4, -0.2) is 26.2 Å².